The molecule has 1 heterocycles. The lowest BCUT2D eigenvalue weighted by Gasteiger charge is -2.34. The van der Waals surface area contributed by atoms with Crippen molar-refractivity contribution in [2.45, 2.75) is 64.0 Å². The predicted molar refractivity (Wildman–Crippen MR) is 151 cm³/mol. The molecule has 39 heavy (non-hydrogen) atoms. The molecule has 1 unspecified atom stereocenters. The SMILES string of the molecule is CCC(C(=O)NC1CCCCC1)N(CCc1ccccc1)C(=O)CN(c1ccc2c(c1)OCCO2)S(C)(=O)=O. The highest BCUT2D eigenvalue weighted by molar-refractivity contribution is 7.92. The first kappa shape index (κ1) is 28.7. The lowest BCUT2D eigenvalue weighted by Crippen LogP contribution is -2.54. The largest absolute Gasteiger partial charge is 0.486 e. The van der Waals surface area contributed by atoms with E-state index in [2.05, 4.69) is 5.32 Å². The normalized spacial score (nSPS) is 16.3. The number of anilines is 1. The number of nitrogens with zero attached hydrogens (tertiary/aromatic N) is 2. The lowest BCUT2D eigenvalue weighted by molar-refractivity contribution is -0.140. The summed E-state index contributed by atoms with van der Waals surface area (Å²) < 4.78 is 38.0. The summed E-state index contributed by atoms with van der Waals surface area (Å²) in [6.07, 6.45) is 7.24. The van der Waals surface area contributed by atoms with Crippen molar-refractivity contribution in [3.8, 4) is 11.5 Å². The van der Waals surface area contributed by atoms with Gasteiger partial charge in [-0.3, -0.25) is 13.9 Å². The standard InChI is InChI=1S/C29H39N3O6S/c1-3-25(29(34)30-23-12-8-5-9-13-23)31(17-16-22-10-6-4-7-11-22)28(33)21-32(39(2,35)36)24-14-15-26-27(20-24)38-19-18-37-26/h4,6-7,10-11,14-15,20,23,25H,3,5,8-9,12-13,16-19,21H2,1-2H3,(H,30,34). The number of rotatable bonds is 11. The van der Waals surface area contributed by atoms with E-state index in [1.807, 2.05) is 37.3 Å². The van der Waals surface area contributed by atoms with Crippen LogP contribution in [-0.2, 0) is 26.0 Å². The number of ether oxygens (including phenoxy) is 2. The molecule has 2 aromatic rings. The third-order valence-corrected chi connectivity index (χ3v) is 8.46. The highest BCUT2D eigenvalue weighted by Crippen LogP contribution is 2.34. The maximum absolute atomic E-state index is 13.9. The van der Waals surface area contributed by atoms with Crippen molar-refractivity contribution in [1.82, 2.24) is 10.2 Å². The van der Waals surface area contributed by atoms with Gasteiger partial charge >= 0.3 is 0 Å². The Hall–Kier alpha value is -3.27. The van der Waals surface area contributed by atoms with Crippen LogP contribution in [0.5, 0.6) is 11.5 Å². The number of carbonyl (C=O) groups is 2. The van der Waals surface area contributed by atoms with Gasteiger partial charge in [0, 0.05) is 18.7 Å². The van der Waals surface area contributed by atoms with Crippen molar-refractivity contribution in [3.63, 3.8) is 0 Å². The van der Waals surface area contributed by atoms with Crippen LogP contribution >= 0.6 is 0 Å². The molecule has 0 saturated heterocycles. The minimum atomic E-state index is -3.83. The van der Waals surface area contributed by atoms with Crippen LogP contribution < -0.4 is 19.1 Å². The molecule has 2 aromatic carbocycles. The summed E-state index contributed by atoms with van der Waals surface area (Å²) in [5.41, 5.74) is 1.34. The Labute approximate surface area is 231 Å². The van der Waals surface area contributed by atoms with Gasteiger partial charge in [0.15, 0.2) is 11.5 Å². The zero-order valence-electron chi connectivity index (χ0n) is 22.8. The molecule has 0 radical (unpaired) electrons. The number of sulfonamides is 1. The Morgan fingerprint density at radius 2 is 1.69 bits per heavy atom. The fourth-order valence-corrected chi connectivity index (χ4v) is 6.08. The van der Waals surface area contributed by atoms with E-state index < -0.39 is 28.5 Å². The molecule has 1 N–H and O–H groups in total. The maximum Gasteiger partial charge on any atom is 0.244 e. The lowest BCUT2D eigenvalue weighted by atomic mass is 9.95. The highest BCUT2D eigenvalue weighted by atomic mass is 32.2. The molecule has 2 aliphatic rings. The van der Waals surface area contributed by atoms with Crippen LogP contribution in [-0.4, -0.2) is 69.8 Å². The van der Waals surface area contributed by atoms with Crippen LogP contribution in [0.2, 0.25) is 0 Å². The molecule has 2 amide bonds. The molecule has 212 valence electrons. The van der Waals surface area contributed by atoms with Gasteiger partial charge in [-0.25, -0.2) is 8.42 Å². The van der Waals surface area contributed by atoms with Gasteiger partial charge < -0.3 is 19.7 Å². The third-order valence-electron chi connectivity index (χ3n) is 7.31. The molecular weight excluding hydrogens is 518 g/mol. The van der Waals surface area contributed by atoms with Gasteiger partial charge in [0.1, 0.15) is 25.8 Å². The molecule has 10 heteroatoms. The minimum absolute atomic E-state index is 0.108. The number of hydrogen-bond acceptors (Lipinski definition) is 6. The molecule has 4 rings (SSSR count). The fraction of sp³-hybridized carbons (Fsp3) is 0.517. The smallest absolute Gasteiger partial charge is 0.244 e. The van der Waals surface area contributed by atoms with Crippen LogP contribution in [0.3, 0.4) is 0 Å². The van der Waals surface area contributed by atoms with E-state index in [4.69, 9.17) is 9.47 Å². The second-order valence-electron chi connectivity index (χ2n) is 10.2. The first-order valence-corrected chi connectivity index (χ1v) is 15.6. The maximum atomic E-state index is 13.9. The molecule has 9 nitrogen and oxygen atoms in total. The Bertz CT molecular complexity index is 1230. The van der Waals surface area contributed by atoms with Crippen LogP contribution in [0.4, 0.5) is 5.69 Å². The summed E-state index contributed by atoms with van der Waals surface area (Å²) in [4.78, 5) is 28.9. The van der Waals surface area contributed by atoms with E-state index >= 15 is 0 Å². The average molecular weight is 558 g/mol. The Kier molecular flexibility index (Phi) is 9.72. The zero-order chi connectivity index (χ0) is 27.8. The van der Waals surface area contributed by atoms with Crippen molar-refractivity contribution >= 4 is 27.5 Å². The van der Waals surface area contributed by atoms with Gasteiger partial charge in [-0.05, 0) is 43.4 Å². The molecule has 1 fully saturated rings. The van der Waals surface area contributed by atoms with Crippen LogP contribution in [0.1, 0.15) is 51.0 Å². The van der Waals surface area contributed by atoms with E-state index in [1.165, 1.54) is 6.42 Å². The quantitative estimate of drug-likeness (QED) is 0.453. The highest BCUT2D eigenvalue weighted by Gasteiger charge is 2.33. The fourth-order valence-electron chi connectivity index (χ4n) is 5.24. The summed E-state index contributed by atoms with van der Waals surface area (Å²) in [6, 6.07) is 14.0. The van der Waals surface area contributed by atoms with Crippen molar-refractivity contribution in [2.24, 2.45) is 0 Å². The molecule has 0 bridgehead atoms. The summed E-state index contributed by atoms with van der Waals surface area (Å²) in [7, 11) is -3.83. The second kappa shape index (κ2) is 13.2. The van der Waals surface area contributed by atoms with Gasteiger partial charge in [0.25, 0.3) is 0 Å². The first-order valence-electron chi connectivity index (χ1n) is 13.8. The molecule has 1 saturated carbocycles. The van der Waals surface area contributed by atoms with Crippen molar-refractivity contribution in [3.05, 3.63) is 54.1 Å². The van der Waals surface area contributed by atoms with Gasteiger partial charge in [-0.1, -0.05) is 56.5 Å². The van der Waals surface area contributed by atoms with E-state index in [0.717, 1.165) is 41.8 Å². The number of nitrogens with one attached hydrogen (secondary N) is 1. The number of hydrogen-bond donors (Lipinski definition) is 1. The summed E-state index contributed by atoms with van der Waals surface area (Å²) in [6.45, 7) is 2.51. The second-order valence-corrected chi connectivity index (χ2v) is 12.1. The van der Waals surface area contributed by atoms with Crippen LogP contribution in [0.25, 0.3) is 0 Å². The van der Waals surface area contributed by atoms with Crippen molar-refractivity contribution < 1.29 is 27.5 Å². The van der Waals surface area contributed by atoms with Crippen molar-refractivity contribution in [1.29, 1.82) is 0 Å². The Balaban J connectivity index is 1.58. The molecular formula is C29H39N3O6S. The number of amides is 2. The van der Waals surface area contributed by atoms with Crippen molar-refractivity contribution in [2.75, 3.05) is 36.9 Å². The van der Waals surface area contributed by atoms with Gasteiger partial charge in [-0.2, -0.15) is 0 Å². The average Bonchev–Trinajstić information content (AvgIpc) is 2.94. The molecule has 1 aliphatic heterocycles. The summed E-state index contributed by atoms with van der Waals surface area (Å²) in [5.74, 6) is 0.340. The number of fused-ring (bicyclic) bond motifs is 1. The zero-order valence-corrected chi connectivity index (χ0v) is 23.6. The number of benzene rings is 2. The Morgan fingerprint density at radius 3 is 2.36 bits per heavy atom. The minimum Gasteiger partial charge on any atom is -0.486 e. The van der Waals surface area contributed by atoms with Gasteiger partial charge in [-0.15, -0.1) is 0 Å². The molecule has 1 atom stereocenters. The molecule has 1 aliphatic carbocycles. The van der Waals surface area contributed by atoms with E-state index in [0.29, 0.717) is 43.2 Å². The van der Waals surface area contributed by atoms with Gasteiger partial charge in [0.2, 0.25) is 21.8 Å². The summed E-state index contributed by atoms with van der Waals surface area (Å²) in [5, 5.41) is 3.16. The third kappa shape index (κ3) is 7.65. The molecule has 0 spiro atoms. The first-order chi connectivity index (χ1) is 18.8. The van der Waals surface area contributed by atoms with Crippen LogP contribution in [0.15, 0.2) is 48.5 Å². The van der Waals surface area contributed by atoms with Crippen LogP contribution in [0, 0.1) is 0 Å². The van der Waals surface area contributed by atoms with E-state index in [-0.39, 0.29) is 18.5 Å². The van der Waals surface area contributed by atoms with E-state index in [1.54, 1.807) is 23.1 Å². The predicted octanol–water partition coefficient (Wildman–Crippen LogP) is 3.52. The monoisotopic (exact) mass is 557 g/mol. The molecule has 0 aromatic heterocycles. The summed E-state index contributed by atoms with van der Waals surface area (Å²) >= 11 is 0. The Morgan fingerprint density at radius 1 is 1.00 bits per heavy atom. The topological polar surface area (TPSA) is 105 Å². The van der Waals surface area contributed by atoms with E-state index in [9.17, 15) is 18.0 Å². The van der Waals surface area contributed by atoms with Gasteiger partial charge in [0.05, 0.1) is 11.9 Å². The number of carbonyl (C=O) groups excluding carboxylic acids is 2.